The molecule has 0 bridgehead atoms. The minimum absolute atomic E-state index is 0.0999. The summed E-state index contributed by atoms with van der Waals surface area (Å²) in [5, 5.41) is 10.2. The fourth-order valence-electron chi connectivity index (χ4n) is 1.56. The Labute approximate surface area is 100 Å². The van der Waals surface area contributed by atoms with Gasteiger partial charge in [0.25, 0.3) is 0 Å². The van der Waals surface area contributed by atoms with E-state index in [1.807, 2.05) is 7.05 Å². The van der Waals surface area contributed by atoms with Crippen LogP contribution in [0.3, 0.4) is 0 Å². The summed E-state index contributed by atoms with van der Waals surface area (Å²) >= 11 is 0. The average Bonchev–Trinajstić information content (AvgIpc) is 3.01. The topological polar surface area (TPSA) is 68.2 Å². The molecule has 1 amide bonds. The van der Waals surface area contributed by atoms with Crippen molar-refractivity contribution < 1.29 is 9.53 Å². The summed E-state index contributed by atoms with van der Waals surface area (Å²) < 4.78 is 6.74. The van der Waals surface area contributed by atoms with Crippen molar-refractivity contribution in [1.29, 1.82) is 0 Å². The van der Waals surface area contributed by atoms with Gasteiger partial charge in [0.2, 0.25) is 11.8 Å². The number of anilines is 1. The lowest BCUT2D eigenvalue weighted by atomic mass is 10.4. The van der Waals surface area contributed by atoms with Gasteiger partial charge in [0, 0.05) is 32.1 Å². The Kier molecular flexibility index (Phi) is 3.51. The van der Waals surface area contributed by atoms with Crippen LogP contribution >= 0.6 is 0 Å². The van der Waals surface area contributed by atoms with Crippen LogP contribution in [0.2, 0.25) is 0 Å². The quantitative estimate of drug-likeness (QED) is 0.757. The highest BCUT2D eigenvalue weighted by atomic mass is 16.5. The van der Waals surface area contributed by atoms with Gasteiger partial charge in [-0.15, -0.1) is 0 Å². The molecule has 1 aromatic rings. The normalized spacial score (nSPS) is 14.5. The third-order valence-corrected chi connectivity index (χ3v) is 2.65. The summed E-state index contributed by atoms with van der Waals surface area (Å²) in [4.78, 5) is 11.4. The van der Waals surface area contributed by atoms with E-state index in [2.05, 4.69) is 15.7 Å². The highest BCUT2D eigenvalue weighted by Crippen LogP contribution is 2.18. The molecule has 0 spiro atoms. The highest BCUT2D eigenvalue weighted by molar-refractivity contribution is 5.77. The molecule has 0 radical (unpaired) electrons. The summed E-state index contributed by atoms with van der Waals surface area (Å²) in [6.45, 7) is 0.582. The van der Waals surface area contributed by atoms with Crippen molar-refractivity contribution in [1.82, 2.24) is 15.1 Å². The molecule has 1 aliphatic rings. The Morgan fingerprint density at radius 3 is 3.00 bits per heavy atom. The predicted octanol–water partition coefficient (Wildman–Crippen LogP) is 0.509. The third kappa shape index (κ3) is 3.37. The molecule has 0 aliphatic heterocycles. The van der Waals surface area contributed by atoms with Crippen LogP contribution in [-0.4, -0.2) is 35.4 Å². The highest BCUT2D eigenvalue weighted by Gasteiger charge is 2.22. The van der Waals surface area contributed by atoms with Gasteiger partial charge in [-0.05, 0) is 12.8 Å². The molecule has 1 aromatic heterocycles. The molecule has 6 nitrogen and oxygen atoms in total. The lowest BCUT2D eigenvalue weighted by Gasteiger charge is -2.03. The maximum Gasteiger partial charge on any atom is 0.221 e. The fourth-order valence-corrected chi connectivity index (χ4v) is 1.56. The number of rotatable bonds is 6. The van der Waals surface area contributed by atoms with Crippen molar-refractivity contribution in [3.63, 3.8) is 0 Å². The largest absolute Gasteiger partial charge is 0.481 e. The zero-order valence-electron chi connectivity index (χ0n) is 10.2. The van der Waals surface area contributed by atoms with Gasteiger partial charge in [-0.3, -0.25) is 4.79 Å². The Hall–Kier alpha value is -1.72. The third-order valence-electron chi connectivity index (χ3n) is 2.65. The van der Waals surface area contributed by atoms with Crippen molar-refractivity contribution in [2.45, 2.75) is 25.3 Å². The molecule has 17 heavy (non-hydrogen) atoms. The van der Waals surface area contributed by atoms with Gasteiger partial charge in [0.05, 0.1) is 7.11 Å². The molecule has 1 aliphatic carbocycles. The van der Waals surface area contributed by atoms with E-state index in [1.54, 1.807) is 17.9 Å². The van der Waals surface area contributed by atoms with Gasteiger partial charge in [-0.25, -0.2) is 4.68 Å². The van der Waals surface area contributed by atoms with E-state index >= 15 is 0 Å². The molecule has 6 heteroatoms. The molecule has 1 fully saturated rings. The van der Waals surface area contributed by atoms with Crippen LogP contribution in [0.4, 0.5) is 5.82 Å². The van der Waals surface area contributed by atoms with Gasteiger partial charge in [0.1, 0.15) is 0 Å². The van der Waals surface area contributed by atoms with Crippen molar-refractivity contribution in [3.8, 4) is 5.88 Å². The zero-order valence-corrected chi connectivity index (χ0v) is 10.2. The van der Waals surface area contributed by atoms with E-state index < -0.39 is 0 Å². The van der Waals surface area contributed by atoms with E-state index in [0.717, 1.165) is 18.7 Å². The molecular weight excluding hydrogens is 220 g/mol. The smallest absolute Gasteiger partial charge is 0.221 e. The van der Waals surface area contributed by atoms with Gasteiger partial charge in [-0.2, -0.15) is 5.10 Å². The van der Waals surface area contributed by atoms with Crippen LogP contribution in [0, 0.1) is 0 Å². The van der Waals surface area contributed by atoms with Crippen LogP contribution in [0.1, 0.15) is 19.3 Å². The Morgan fingerprint density at radius 2 is 2.41 bits per heavy atom. The Bertz CT molecular complexity index is 398. The van der Waals surface area contributed by atoms with Crippen LogP contribution in [0.5, 0.6) is 5.88 Å². The number of carbonyl (C=O) groups is 1. The van der Waals surface area contributed by atoms with Crippen LogP contribution in [0.25, 0.3) is 0 Å². The molecule has 94 valence electrons. The first-order valence-electron chi connectivity index (χ1n) is 5.80. The van der Waals surface area contributed by atoms with E-state index in [9.17, 15) is 4.79 Å². The minimum atomic E-state index is 0.0999. The molecular formula is C11H18N4O2. The summed E-state index contributed by atoms with van der Waals surface area (Å²) in [7, 11) is 3.41. The van der Waals surface area contributed by atoms with E-state index in [-0.39, 0.29) is 5.91 Å². The molecule has 2 N–H and O–H groups in total. The maximum absolute atomic E-state index is 11.4. The predicted molar refractivity (Wildman–Crippen MR) is 64.0 cm³/mol. The molecule has 0 saturated heterocycles. The van der Waals surface area contributed by atoms with Crippen LogP contribution in [0.15, 0.2) is 6.07 Å². The number of hydrogen-bond donors (Lipinski definition) is 2. The molecule has 0 atom stereocenters. The second-order valence-electron chi connectivity index (χ2n) is 4.21. The standard InChI is InChI=1S/C11H18N4O2/c1-15-11(17-2)7-9(14-15)12-6-5-10(16)13-8-3-4-8/h7-8H,3-6H2,1-2H3,(H,12,14)(H,13,16). The fraction of sp³-hybridized carbons (Fsp3) is 0.636. The van der Waals surface area contributed by atoms with Gasteiger partial charge in [-0.1, -0.05) is 0 Å². The lowest BCUT2D eigenvalue weighted by Crippen LogP contribution is -2.27. The zero-order chi connectivity index (χ0) is 12.3. The number of amides is 1. The van der Waals surface area contributed by atoms with Gasteiger partial charge >= 0.3 is 0 Å². The molecule has 1 heterocycles. The van der Waals surface area contributed by atoms with Crippen LogP contribution in [-0.2, 0) is 11.8 Å². The number of aryl methyl sites for hydroxylation is 1. The first-order chi connectivity index (χ1) is 8.19. The number of carbonyl (C=O) groups excluding carboxylic acids is 1. The lowest BCUT2D eigenvalue weighted by molar-refractivity contribution is -0.120. The first kappa shape index (κ1) is 11.8. The average molecular weight is 238 g/mol. The summed E-state index contributed by atoms with van der Waals surface area (Å²) in [5.74, 6) is 1.52. The van der Waals surface area contributed by atoms with Crippen molar-refractivity contribution in [2.75, 3.05) is 19.0 Å². The number of nitrogens with one attached hydrogen (secondary N) is 2. The van der Waals surface area contributed by atoms with Gasteiger partial charge < -0.3 is 15.4 Å². The number of nitrogens with zero attached hydrogens (tertiary/aromatic N) is 2. The monoisotopic (exact) mass is 238 g/mol. The Balaban J connectivity index is 1.71. The minimum Gasteiger partial charge on any atom is -0.481 e. The number of aromatic nitrogens is 2. The van der Waals surface area contributed by atoms with Gasteiger partial charge in [0.15, 0.2) is 5.82 Å². The SMILES string of the molecule is COc1cc(NCCC(=O)NC2CC2)nn1C. The molecule has 0 unspecified atom stereocenters. The number of hydrogen-bond acceptors (Lipinski definition) is 4. The summed E-state index contributed by atoms with van der Waals surface area (Å²) in [6.07, 6.45) is 2.71. The summed E-state index contributed by atoms with van der Waals surface area (Å²) in [5.41, 5.74) is 0. The summed E-state index contributed by atoms with van der Waals surface area (Å²) in [6, 6.07) is 2.23. The molecule has 2 rings (SSSR count). The van der Waals surface area contributed by atoms with E-state index in [0.29, 0.717) is 24.9 Å². The van der Waals surface area contributed by atoms with Crippen molar-refractivity contribution in [2.24, 2.45) is 7.05 Å². The number of methoxy groups -OCH3 is 1. The van der Waals surface area contributed by atoms with Crippen LogP contribution < -0.4 is 15.4 Å². The second kappa shape index (κ2) is 5.07. The van der Waals surface area contributed by atoms with Crippen molar-refractivity contribution in [3.05, 3.63) is 6.07 Å². The Morgan fingerprint density at radius 1 is 1.65 bits per heavy atom. The van der Waals surface area contributed by atoms with E-state index in [4.69, 9.17) is 4.74 Å². The van der Waals surface area contributed by atoms with Crippen molar-refractivity contribution >= 4 is 11.7 Å². The first-order valence-corrected chi connectivity index (χ1v) is 5.80. The second-order valence-corrected chi connectivity index (χ2v) is 4.21. The van der Waals surface area contributed by atoms with E-state index in [1.165, 1.54) is 0 Å². The molecule has 1 saturated carbocycles. The molecule has 0 aromatic carbocycles. The number of ether oxygens (including phenoxy) is 1. The maximum atomic E-state index is 11.4.